The topological polar surface area (TPSA) is 25.8 Å². The zero-order valence-corrected chi connectivity index (χ0v) is 24.1. The molecule has 1 aromatic heterocycles. The Kier molecular flexibility index (Phi) is 6.51. The molecule has 0 N–H and O–H groups in total. The van der Waals surface area contributed by atoms with Gasteiger partial charge in [0, 0.05) is 16.7 Å². The maximum atomic E-state index is 5.11. The van der Waals surface area contributed by atoms with Gasteiger partial charge in [-0.1, -0.05) is 158 Å². The molecule has 206 valence electrons. The van der Waals surface area contributed by atoms with Crippen molar-refractivity contribution in [3.05, 3.63) is 170 Å². The number of hydrogen-bond acceptors (Lipinski definition) is 2. The zero-order chi connectivity index (χ0) is 29.3. The van der Waals surface area contributed by atoms with Crippen molar-refractivity contribution in [2.24, 2.45) is 0 Å². The molecule has 0 aliphatic rings. The molecule has 0 aliphatic carbocycles. The molecular formula is C42H28N2. The molecule has 0 fully saturated rings. The van der Waals surface area contributed by atoms with Crippen molar-refractivity contribution < 1.29 is 0 Å². The third kappa shape index (κ3) is 4.93. The van der Waals surface area contributed by atoms with Gasteiger partial charge in [0.25, 0.3) is 0 Å². The van der Waals surface area contributed by atoms with E-state index < -0.39 is 0 Å². The normalized spacial score (nSPS) is 11.2. The molecule has 0 saturated heterocycles. The second kappa shape index (κ2) is 11.1. The second-order valence-corrected chi connectivity index (χ2v) is 11.1. The number of nitrogens with zero attached hydrogens (tertiary/aromatic N) is 2. The molecule has 0 radical (unpaired) electrons. The number of hydrogen-bond donors (Lipinski definition) is 0. The quantitative estimate of drug-likeness (QED) is 0.209. The molecule has 44 heavy (non-hydrogen) atoms. The monoisotopic (exact) mass is 560 g/mol. The van der Waals surface area contributed by atoms with Crippen molar-refractivity contribution in [2.75, 3.05) is 0 Å². The SMILES string of the molecule is c1ccc(-c2ccc(-c3cc(-c4ccc(-c5cccc6ccccc56)cc4)nc(-c4ccc5ccccc5c4)n3)cc2)cc1. The highest BCUT2D eigenvalue weighted by molar-refractivity contribution is 5.97. The maximum Gasteiger partial charge on any atom is 0.160 e. The van der Waals surface area contributed by atoms with Gasteiger partial charge in [-0.2, -0.15) is 0 Å². The Morgan fingerprint density at radius 1 is 0.295 bits per heavy atom. The smallest absolute Gasteiger partial charge is 0.160 e. The first-order valence-electron chi connectivity index (χ1n) is 14.9. The van der Waals surface area contributed by atoms with Crippen LogP contribution in [-0.4, -0.2) is 9.97 Å². The van der Waals surface area contributed by atoms with E-state index in [4.69, 9.17) is 9.97 Å². The lowest BCUT2D eigenvalue weighted by molar-refractivity contribution is 1.18. The molecule has 0 bridgehead atoms. The summed E-state index contributed by atoms with van der Waals surface area (Å²) in [5, 5.41) is 4.87. The molecule has 1 heterocycles. The van der Waals surface area contributed by atoms with E-state index in [-0.39, 0.29) is 0 Å². The van der Waals surface area contributed by atoms with Crippen molar-refractivity contribution in [1.82, 2.24) is 9.97 Å². The molecule has 0 aliphatic heterocycles. The van der Waals surface area contributed by atoms with Crippen LogP contribution in [0.15, 0.2) is 170 Å². The van der Waals surface area contributed by atoms with Crippen molar-refractivity contribution in [3.63, 3.8) is 0 Å². The Morgan fingerprint density at radius 3 is 1.55 bits per heavy atom. The molecule has 2 heteroatoms. The Morgan fingerprint density at radius 2 is 0.818 bits per heavy atom. The molecule has 0 unspecified atom stereocenters. The van der Waals surface area contributed by atoms with Gasteiger partial charge in [0.15, 0.2) is 5.82 Å². The average molecular weight is 561 g/mol. The number of rotatable bonds is 5. The van der Waals surface area contributed by atoms with E-state index in [1.54, 1.807) is 0 Å². The Bertz CT molecular complexity index is 2250. The van der Waals surface area contributed by atoms with E-state index in [0.29, 0.717) is 5.82 Å². The number of fused-ring (bicyclic) bond motifs is 2. The van der Waals surface area contributed by atoms with Crippen LogP contribution in [0.4, 0.5) is 0 Å². The minimum Gasteiger partial charge on any atom is -0.228 e. The predicted octanol–water partition coefficient (Wildman–Crippen LogP) is 11.1. The highest BCUT2D eigenvalue weighted by atomic mass is 14.9. The van der Waals surface area contributed by atoms with Crippen LogP contribution >= 0.6 is 0 Å². The Hall–Kier alpha value is -5.86. The summed E-state index contributed by atoms with van der Waals surface area (Å²) in [5.74, 6) is 0.716. The van der Waals surface area contributed by atoms with Gasteiger partial charge in [0.2, 0.25) is 0 Å². The number of benzene rings is 7. The van der Waals surface area contributed by atoms with Gasteiger partial charge in [-0.15, -0.1) is 0 Å². The highest BCUT2D eigenvalue weighted by Crippen LogP contribution is 2.33. The molecule has 8 rings (SSSR count). The summed E-state index contributed by atoms with van der Waals surface area (Å²) in [6, 6.07) is 59.8. The third-order valence-corrected chi connectivity index (χ3v) is 8.30. The summed E-state index contributed by atoms with van der Waals surface area (Å²) in [4.78, 5) is 10.2. The van der Waals surface area contributed by atoms with E-state index in [9.17, 15) is 0 Å². The average Bonchev–Trinajstić information content (AvgIpc) is 3.11. The second-order valence-electron chi connectivity index (χ2n) is 11.1. The van der Waals surface area contributed by atoms with Gasteiger partial charge < -0.3 is 0 Å². The minimum absolute atomic E-state index is 0.716. The van der Waals surface area contributed by atoms with E-state index in [1.807, 2.05) is 6.07 Å². The predicted molar refractivity (Wildman–Crippen MR) is 184 cm³/mol. The van der Waals surface area contributed by atoms with Gasteiger partial charge in [-0.3, -0.25) is 0 Å². The molecule has 8 aromatic rings. The van der Waals surface area contributed by atoms with Crippen LogP contribution in [-0.2, 0) is 0 Å². The summed E-state index contributed by atoms with van der Waals surface area (Å²) < 4.78 is 0. The lowest BCUT2D eigenvalue weighted by Gasteiger charge is -2.12. The maximum absolute atomic E-state index is 5.11. The molecule has 0 atom stereocenters. The van der Waals surface area contributed by atoms with Gasteiger partial charge in [-0.25, -0.2) is 9.97 Å². The van der Waals surface area contributed by atoms with Gasteiger partial charge in [0.1, 0.15) is 0 Å². The van der Waals surface area contributed by atoms with E-state index in [2.05, 4.69) is 164 Å². The zero-order valence-electron chi connectivity index (χ0n) is 24.1. The van der Waals surface area contributed by atoms with Crippen molar-refractivity contribution in [1.29, 1.82) is 0 Å². The lowest BCUT2D eigenvalue weighted by Crippen LogP contribution is -1.96. The largest absolute Gasteiger partial charge is 0.228 e. The fraction of sp³-hybridized carbons (Fsp3) is 0. The van der Waals surface area contributed by atoms with E-state index >= 15 is 0 Å². The summed E-state index contributed by atoms with van der Waals surface area (Å²) in [7, 11) is 0. The summed E-state index contributed by atoms with van der Waals surface area (Å²) >= 11 is 0. The van der Waals surface area contributed by atoms with Crippen molar-refractivity contribution in [2.45, 2.75) is 0 Å². The minimum atomic E-state index is 0.716. The molecular weight excluding hydrogens is 532 g/mol. The highest BCUT2D eigenvalue weighted by Gasteiger charge is 2.12. The molecule has 0 spiro atoms. The Balaban J connectivity index is 1.23. The van der Waals surface area contributed by atoms with Gasteiger partial charge in [0.05, 0.1) is 11.4 Å². The summed E-state index contributed by atoms with van der Waals surface area (Å²) in [6.45, 7) is 0. The lowest BCUT2D eigenvalue weighted by atomic mass is 9.97. The van der Waals surface area contributed by atoms with Crippen LogP contribution in [0.2, 0.25) is 0 Å². The first-order valence-corrected chi connectivity index (χ1v) is 14.9. The fourth-order valence-corrected chi connectivity index (χ4v) is 5.96. The van der Waals surface area contributed by atoms with E-state index in [0.717, 1.165) is 28.1 Å². The van der Waals surface area contributed by atoms with Crippen molar-refractivity contribution >= 4 is 21.5 Å². The fourth-order valence-electron chi connectivity index (χ4n) is 5.96. The Labute approximate surface area is 257 Å². The standard InChI is InChI=1S/C42H28N2/c1-2-9-29(10-3-1)31-17-22-34(23-18-31)40-28-41(44-42(43-40)37-26-19-30-11-4-5-13-36(30)27-37)35-24-20-33(21-25-35)39-16-8-14-32-12-6-7-15-38(32)39/h1-28H. The van der Waals surface area contributed by atoms with Crippen molar-refractivity contribution in [3.8, 4) is 56.2 Å². The van der Waals surface area contributed by atoms with Gasteiger partial charge in [-0.05, 0) is 55.9 Å². The summed E-state index contributed by atoms with van der Waals surface area (Å²) in [5.41, 5.74) is 9.71. The molecule has 0 amide bonds. The first kappa shape index (κ1) is 25.8. The first-order chi connectivity index (χ1) is 21.8. The van der Waals surface area contributed by atoms with E-state index in [1.165, 1.54) is 43.8 Å². The van der Waals surface area contributed by atoms with Crippen LogP contribution in [0.1, 0.15) is 0 Å². The third-order valence-electron chi connectivity index (χ3n) is 8.30. The number of aromatic nitrogens is 2. The van der Waals surface area contributed by atoms with Crippen LogP contribution in [0.5, 0.6) is 0 Å². The van der Waals surface area contributed by atoms with Crippen LogP contribution in [0.3, 0.4) is 0 Å². The van der Waals surface area contributed by atoms with Gasteiger partial charge >= 0.3 is 0 Å². The molecule has 0 saturated carbocycles. The van der Waals surface area contributed by atoms with Crippen LogP contribution < -0.4 is 0 Å². The van der Waals surface area contributed by atoms with Crippen LogP contribution in [0, 0.1) is 0 Å². The summed E-state index contributed by atoms with van der Waals surface area (Å²) in [6.07, 6.45) is 0. The molecule has 2 nitrogen and oxygen atoms in total. The van der Waals surface area contributed by atoms with Crippen LogP contribution in [0.25, 0.3) is 77.7 Å². The molecule has 7 aromatic carbocycles.